The normalized spacial score (nSPS) is 10.4. The number of rotatable bonds is 4. The number of benzene rings is 2. The number of aryl methyl sites for hydroxylation is 1. The van der Waals surface area contributed by atoms with Gasteiger partial charge in [0, 0.05) is 20.7 Å². The van der Waals surface area contributed by atoms with Gasteiger partial charge in [-0.25, -0.2) is 4.98 Å². The van der Waals surface area contributed by atoms with Crippen LogP contribution in [0, 0.1) is 6.92 Å². The van der Waals surface area contributed by atoms with Gasteiger partial charge >= 0.3 is 0 Å². The maximum absolute atomic E-state index is 12.4. The lowest BCUT2D eigenvalue weighted by Gasteiger charge is -2.03. The maximum atomic E-state index is 12.4. The Labute approximate surface area is 167 Å². The van der Waals surface area contributed by atoms with Gasteiger partial charge in [-0.05, 0) is 55.5 Å². The first-order chi connectivity index (χ1) is 12.4. The Bertz CT molecular complexity index is 956. The molecule has 8 heteroatoms. The van der Waals surface area contributed by atoms with E-state index in [2.05, 4.69) is 31.5 Å². The van der Waals surface area contributed by atoms with E-state index in [1.165, 1.54) is 0 Å². The summed E-state index contributed by atoms with van der Waals surface area (Å²) in [6.07, 6.45) is 0. The SMILES string of the molecule is Cc1nc(NC(=O)c2ccc(Cl)cc2)sc1C(=O)Nc1ccc(Br)cc1. The lowest BCUT2D eigenvalue weighted by Crippen LogP contribution is -2.11. The van der Waals surface area contributed by atoms with Crippen molar-refractivity contribution in [3.8, 4) is 0 Å². The van der Waals surface area contributed by atoms with Crippen LogP contribution in [0.15, 0.2) is 53.0 Å². The topological polar surface area (TPSA) is 71.1 Å². The van der Waals surface area contributed by atoms with Gasteiger partial charge in [0.2, 0.25) is 0 Å². The minimum Gasteiger partial charge on any atom is -0.321 e. The molecule has 0 aliphatic heterocycles. The number of nitrogens with zero attached hydrogens (tertiary/aromatic N) is 1. The van der Waals surface area contributed by atoms with Crippen LogP contribution in [0.2, 0.25) is 5.02 Å². The van der Waals surface area contributed by atoms with E-state index in [0.717, 1.165) is 15.8 Å². The number of anilines is 2. The van der Waals surface area contributed by atoms with E-state index in [1.807, 2.05) is 12.1 Å². The van der Waals surface area contributed by atoms with E-state index in [1.54, 1.807) is 43.3 Å². The Balaban J connectivity index is 1.71. The zero-order chi connectivity index (χ0) is 18.7. The summed E-state index contributed by atoms with van der Waals surface area (Å²) in [5, 5.41) is 6.44. The average molecular weight is 451 g/mol. The second-order valence-electron chi connectivity index (χ2n) is 5.36. The molecule has 0 saturated carbocycles. The fourth-order valence-electron chi connectivity index (χ4n) is 2.15. The van der Waals surface area contributed by atoms with E-state index >= 15 is 0 Å². The first kappa shape index (κ1) is 18.6. The smallest absolute Gasteiger partial charge is 0.267 e. The lowest BCUT2D eigenvalue weighted by molar-refractivity contribution is 0.102. The molecule has 1 aromatic heterocycles. The number of carbonyl (C=O) groups excluding carboxylic acids is 2. The van der Waals surface area contributed by atoms with Crippen molar-refractivity contribution in [3.05, 3.63) is 74.2 Å². The molecule has 3 rings (SSSR count). The van der Waals surface area contributed by atoms with Gasteiger partial charge in [0.25, 0.3) is 11.8 Å². The molecule has 5 nitrogen and oxygen atoms in total. The first-order valence-electron chi connectivity index (χ1n) is 7.53. The molecule has 132 valence electrons. The number of amides is 2. The zero-order valence-corrected chi connectivity index (χ0v) is 16.7. The maximum Gasteiger partial charge on any atom is 0.267 e. The Kier molecular flexibility index (Phi) is 5.70. The second kappa shape index (κ2) is 7.99. The number of nitrogens with one attached hydrogen (secondary N) is 2. The highest BCUT2D eigenvalue weighted by Gasteiger charge is 2.17. The number of carbonyl (C=O) groups is 2. The minimum absolute atomic E-state index is 0.269. The second-order valence-corrected chi connectivity index (χ2v) is 7.71. The molecule has 0 atom stereocenters. The summed E-state index contributed by atoms with van der Waals surface area (Å²) in [7, 11) is 0. The van der Waals surface area contributed by atoms with Crippen LogP contribution in [0.4, 0.5) is 10.8 Å². The van der Waals surface area contributed by atoms with Gasteiger partial charge in [0.15, 0.2) is 5.13 Å². The van der Waals surface area contributed by atoms with Crippen molar-refractivity contribution in [1.82, 2.24) is 4.98 Å². The van der Waals surface area contributed by atoms with E-state index in [0.29, 0.717) is 32.0 Å². The average Bonchev–Trinajstić information content (AvgIpc) is 2.98. The molecule has 0 saturated heterocycles. The molecule has 26 heavy (non-hydrogen) atoms. The summed E-state index contributed by atoms with van der Waals surface area (Å²) in [4.78, 5) is 29.4. The van der Waals surface area contributed by atoms with Crippen molar-refractivity contribution in [1.29, 1.82) is 0 Å². The number of halogens is 2. The van der Waals surface area contributed by atoms with Gasteiger partial charge in [-0.3, -0.25) is 14.9 Å². The van der Waals surface area contributed by atoms with Gasteiger partial charge in [-0.2, -0.15) is 0 Å². The summed E-state index contributed by atoms with van der Waals surface area (Å²) >= 11 is 10.3. The van der Waals surface area contributed by atoms with Crippen LogP contribution in [0.5, 0.6) is 0 Å². The molecule has 0 radical (unpaired) electrons. The van der Waals surface area contributed by atoms with Crippen molar-refractivity contribution in [2.24, 2.45) is 0 Å². The van der Waals surface area contributed by atoms with E-state index in [9.17, 15) is 9.59 Å². The van der Waals surface area contributed by atoms with Crippen LogP contribution >= 0.6 is 38.9 Å². The quantitative estimate of drug-likeness (QED) is 0.561. The lowest BCUT2D eigenvalue weighted by atomic mass is 10.2. The Morgan fingerprint density at radius 3 is 2.31 bits per heavy atom. The molecule has 0 fully saturated rings. The van der Waals surface area contributed by atoms with E-state index < -0.39 is 0 Å². The predicted octanol–water partition coefficient (Wildman–Crippen LogP) is 5.37. The van der Waals surface area contributed by atoms with Crippen LogP contribution in [-0.2, 0) is 0 Å². The number of hydrogen-bond donors (Lipinski definition) is 2. The highest BCUT2D eigenvalue weighted by atomic mass is 79.9. The van der Waals surface area contributed by atoms with Crippen LogP contribution in [0.3, 0.4) is 0 Å². The zero-order valence-electron chi connectivity index (χ0n) is 13.5. The summed E-state index contributed by atoms with van der Waals surface area (Å²) in [5.74, 6) is -0.579. The number of thiazole rings is 1. The van der Waals surface area contributed by atoms with Crippen LogP contribution in [-0.4, -0.2) is 16.8 Å². The highest BCUT2D eigenvalue weighted by molar-refractivity contribution is 9.10. The van der Waals surface area contributed by atoms with Crippen molar-refractivity contribution in [3.63, 3.8) is 0 Å². The standard InChI is InChI=1S/C18H13BrClN3O2S/c1-10-15(17(25)22-14-8-4-12(19)5-9-14)26-18(21-10)23-16(24)11-2-6-13(20)7-3-11/h2-9H,1H3,(H,22,25)(H,21,23,24). The molecular weight excluding hydrogens is 438 g/mol. The third kappa shape index (κ3) is 4.49. The van der Waals surface area contributed by atoms with Gasteiger partial charge in [0.1, 0.15) is 4.88 Å². The Hall–Kier alpha value is -2.22. The molecule has 0 bridgehead atoms. The highest BCUT2D eigenvalue weighted by Crippen LogP contribution is 2.25. The molecular formula is C18H13BrClN3O2S. The van der Waals surface area contributed by atoms with Crippen molar-refractivity contribution in [2.75, 3.05) is 10.6 Å². The molecule has 0 aliphatic rings. The summed E-state index contributed by atoms with van der Waals surface area (Å²) in [5.41, 5.74) is 1.69. The molecule has 2 aromatic carbocycles. The van der Waals surface area contributed by atoms with Crippen LogP contribution in [0.1, 0.15) is 25.7 Å². The van der Waals surface area contributed by atoms with Gasteiger partial charge in [-0.15, -0.1) is 0 Å². The van der Waals surface area contributed by atoms with Gasteiger partial charge < -0.3 is 5.32 Å². The monoisotopic (exact) mass is 449 g/mol. The fourth-order valence-corrected chi connectivity index (χ4v) is 3.40. The molecule has 0 spiro atoms. The summed E-state index contributed by atoms with van der Waals surface area (Å²) in [6.45, 7) is 1.73. The molecule has 0 aliphatic carbocycles. The minimum atomic E-state index is -0.310. The van der Waals surface area contributed by atoms with E-state index in [4.69, 9.17) is 11.6 Å². The Morgan fingerprint density at radius 2 is 1.65 bits per heavy atom. The third-order valence-corrected chi connectivity index (χ3v) is 5.28. The number of hydrogen-bond acceptors (Lipinski definition) is 4. The van der Waals surface area contributed by atoms with Crippen LogP contribution < -0.4 is 10.6 Å². The van der Waals surface area contributed by atoms with Gasteiger partial charge in [-0.1, -0.05) is 38.9 Å². The molecule has 2 N–H and O–H groups in total. The molecule has 0 unspecified atom stereocenters. The fraction of sp³-hybridized carbons (Fsp3) is 0.0556. The van der Waals surface area contributed by atoms with Crippen LogP contribution in [0.25, 0.3) is 0 Å². The van der Waals surface area contributed by atoms with Crippen molar-refractivity contribution >= 4 is 61.5 Å². The Morgan fingerprint density at radius 1 is 1.00 bits per heavy atom. The van der Waals surface area contributed by atoms with Crippen molar-refractivity contribution < 1.29 is 9.59 Å². The van der Waals surface area contributed by atoms with Crippen molar-refractivity contribution in [2.45, 2.75) is 6.92 Å². The molecule has 3 aromatic rings. The molecule has 1 heterocycles. The predicted molar refractivity (Wildman–Crippen MR) is 108 cm³/mol. The van der Waals surface area contributed by atoms with E-state index in [-0.39, 0.29) is 11.8 Å². The van der Waals surface area contributed by atoms with Gasteiger partial charge in [0.05, 0.1) is 5.69 Å². The third-order valence-electron chi connectivity index (χ3n) is 3.43. The molecule has 2 amide bonds. The first-order valence-corrected chi connectivity index (χ1v) is 9.52. The number of aromatic nitrogens is 1. The largest absolute Gasteiger partial charge is 0.321 e. The summed E-state index contributed by atoms with van der Waals surface area (Å²) < 4.78 is 0.927. The summed E-state index contributed by atoms with van der Waals surface area (Å²) in [6, 6.07) is 13.8.